The van der Waals surface area contributed by atoms with Crippen LogP contribution in [0.5, 0.6) is 0 Å². The summed E-state index contributed by atoms with van der Waals surface area (Å²) >= 11 is 0. The molecule has 0 radical (unpaired) electrons. The number of aromatic nitrogens is 3. The number of hydrogen-bond acceptors (Lipinski definition) is 5. The van der Waals surface area contributed by atoms with Gasteiger partial charge in [-0.1, -0.05) is 0 Å². The molecular weight excluding hydrogens is 268 g/mol. The highest BCUT2D eigenvalue weighted by Crippen LogP contribution is 2.28. The van der Waals surface area contributed by atoms with Crippen LogP contribution in [0.4, 0.5) is 0 Å². The van der Waals surface area contributed by atoms with Gasteiger partial charge in [0.2, 0.25) is 0 Å². The first kappa shape index (κ1) is 13.0. The lowest BCUT2D eigenvalue weighted by atomic mass is 10.2. The van der Waals surface area contributed by atoms with Gasteiger partial charge < -0.3 is 13.7 Å². The lowest BCUT2D eigenvalue weighted by Gasteiger charge is -2.18. The van der Waals surface area contributed by atoms with Crippen molar-refractivity contribution in [2.45, 2.75) is 38.5 Å². The van der Waals surface area contributed by atoms with Crippen molar-refractivity contribution in [1.29, 1.82) is 0 Å². The summed E-state index contributed by atoms with van der Waals surface area (Å²) in [7, 11) is 0. The van der Waals surface area contributed by atoms with E-state index in [0.717, 1.165) is 63.7 Å². The summed E-state index contributed by atoms with van der Waals surface area (Å²) in [6, 6.07) is 2.03. The molecule has 112 valence electrons. The Hall–Kier alpha value is -1.66. The molecule has 2 aliphatic rings. The van der Waals surface area contributed by atoms with Crippen molar-refractivity contribution in [3.63, 3.8) is 0 Å². The average Bonchev–Trinajstić information content (AvgIpc) is 3.21. The zero-order valence-corrected chi connectivity index (χ0v) is 12.1. The Bertz CT molecular complexity index is 587. The van der Waals surface area contributed by atoms with Crippen LogP contribution in [0.15, 0.2) is 23.0 Å². The van der Waals surface area contributed by atoms with Crippen LogP contribution in [0.3, 0.4) is 0 Å². The Labute approximate surface area is 123 Å². The van der Waals surface area contributed by atoms with Gasteiger partial charge in [-0.2, -0.15) is 0 Å². The second-order valence-electron chi connectivity index (χ2n) is 5.79. The van der Waals surface area contributed by atoms with Crippen molar-refractivity contribution in [1.82, 2.24) is 19.7 Å². The third-order valence-electron chi connectivity index (χ3n) is 4.35. The average molecular weight is 288 g/mol. The summed E-state index contributed by atoms with van der Waals surface area (Å²) in [5.74, 6) is 2.11. The van der Waals surface area contributed by atoms with Crippen molar-refractivity contribution >= 4 is 0 Å². The SMILES string of the molecule is c1cc(CN2CCc3nnc(C4CCCO4)n3CC2)co1. The van der Waals surface area contributed by atoms with Crippen LogP contribution in [0, 0.1) is 0 Å². The maximum absolute atomic E-state index is 5.77. The van der Waals surface area contributed by atoms with E-state index < -0.39 is 0 Å². The lowest BCUT2D eigenvalue weighted by Crippen LogP contribution is -2.26. The quantitative estimate of drug-likeness (QED) is 0.861. The Balaban J connectivity index is 1.47. The van der Waals surface area contributed by atoms with Gasteiger partial charge >= 0.3 is 0 Å². The van der Waals surface area contributed by atoms with Crippen LogP contribution in [0.2, 0.25) is 0 Å². The van der Waals surface area contributed by atoms with Crippen molar-refractivity contribution in [2.75, 3.05) is 19.7 Å². The van der Waals surface area contributed by atoms with Gasteiger partial charge in [-0.05, 0) is 18.9 Å². The van der Waals surface area contributed by atoms with Crippen LogP contribution in [0.1, 0.15) is 36.2 Å². The highest BCUT2D eigenvalue weighted by molar-refractivity contribution is 5.06. The van der Waals surface area contributed by atoms with Crippen molar-refractivity contribution in [3.8, 4) is 0 Å². The number of fused-ring (bicyclic) bond motifs is 1. The molecule has 1 fully saturated rings. The molecule has 0 spiro atoms. The molecule has 0 amide bonds. The van der Waals surface area contributed by atoms with E-state index in [0.29, 0.717) is 0 Å². The molecule has 0 saturated carbocycles. The topological polar surface area (TPSA) is 56.3 Å². The van der Waals surface area contributed by atoms with Crippen molar-refractivity contribution in [3.05, 3.63) is 35.8 Å². The maximum Gasteiger partial charge on any atom is 0.162 e. The van der Waals surface area contributed by atoms with Crippen LogP contribution in [-0.2, 0) is 24.2 Å². The third kappa shape index (κ3) is 2.61. The minimum absolute atomic E-state index is 0.145. The van der Waals surface area contributed by atoms with Crippen molar-refractivity contribution < 1.29 is 9.15 Å². The predicted molar refractivity (Wildman–Crippen MR) is 75.6 cm³/mol. The van der Waals surface area contributed by atoms with Crippen LogP contribution in [0.25, 0.3) is 0 Å². The largest absolute Gasteiger partial charge is 0.472 e. The summed E-state index contributed by atoms with van der Waals surface area (Å²) in [5.41, 5.74) is 1.23. The van der Waals surface area contributed by atoms with Gasteiger partial charge in [0.05, 0.1) is 12.5 Å². The molecule has 1 saturated heterocycles. The van der Waals surface area contributed by atoms with Gasteiger partial charge in [-0.15, -0.1) is 10.2 Å². The molecule has 6 nitrogen and oxygen atoms in total. The fraction of sp³-hybridized carbons (Fsp3) is 0.600. The van der Waals surface area contributed by atoms with E-state index in [1.807, 2.05) is 12.3 Å². The first-order valence-corrected chi connectivity index (χ1v) is 7.67. The molecule has 4 rings (SSSR count). The lowest BCUT2D eigenvalue weighted by molar-refractivity contribution is 0.101. The van der Waals surface area contributed by atoms with Crippen LogP contribution >= 0.6 is 0 Å². The van der Waals surface area contributed by atoms with E-state index >= 15 is 0 Å². The molecule has 0 aromatic carbocycles. The van der Waals surface area contributed by atoms with Gasteiger partial charge in [0.25, 0.3) is 0 Å². The molecule has 2 aliphatic heterocycles. The summed E-state index contributed by atoms with van der Waals surface area (Å²) in [4.78, 5) is 2.44. The number of nitrogens with zero attached hydrogens (tertiary/aromatic N) is 4. The predicted octanol–water partition coefficient (Wildman–Crippen LogP) is 1.78. The fourth-order valence-corrected chi connectivity index (χ4v) is 3.21. The highest BCUT2D eigenvalue weighted by Gasteiger charge is 2.26. The third-order valence-corrected chi connectivity index (χ3v) is 4.35. The minimum Gasteiger partial charge on any atom is -0.472 e. The fourth-order valence-electron chi connectivity index (χ4n) is 3.21. The number of furan rings is 1. The molecule has 4 heterocycles. The zero-order valence-electron chi connectivity index (χ0n) is 12.1. The van der Waals surface area contributed by atoms with E-state index in [1.54, 1.807) is 6.26 Å². The van der Waals surface area contributed by atoms with Gasteiger partial charge in [-0.3, -0.25) is 4.90 Å². The molecule has 1 atom stereocenters. The van der Waals surface area contributed by atoms with Crippen LogP contribution in [-0.4, -0.2) is 39.4 Å². The minimum atomic E-state index is 0.145. The first-order valence-electron chi connectivity index (χ1n) is 7.67. The number of rotatable bonds is 3. The molecule has 0 bridgehead atoms. The van der Waals surface area contributed by atoms with Crippen molar-refractivity contribution in [2.24, 2.45) is 0 Å². The molecule has 2 aromatic heterocycles. The Morgan fingerprint density at radius 1 is 1.24 bits per heavy atom. The Kier molecular flexibility index (Phi) is 3.48. The zero-order chi connectivity index (χ0) is 14.1. The van der Waals surface area contributed by atoms with E-state index in [2.05, 4.69) is 19.7 Å². The number of ether oxygens (including phenoxy) is 1. The molecule has 0 aliphatic carbocycles. The molecular formula is C15H20N4O2. The van der Waals surface area contributed by atoms with E-state index in [-0.39, 0.29) is 6.10 Å². The summed E-state index contributed by atoms with van der Waals surface area (Å²) in [5, 5.41) is 8.76. The van der Waals surface area contributed by atoms with E-state index in [9.17, 15) is 0 Å². The van der Waals surface area contributed by atoms with E-state index in [1.165, 1.54) is 5.56 Å². The summed E-state index contributed by atoms with van der Waals surface area (Å²) in [6.07, 6.45) is 6.83. The second kappa shape index (κ2) is 5.61. The second-order valence-corrected chi connectivity index (χ2v) is 5.79. The standard InChI is InChI=1S/C15H20N4O2/c1-2-13(21-8-1)15-17-16-14-3-5-18(6-7-19(14)15)10-12-4-9-20-11-12/h4,9,11,13H,1-3,5-8,10H2. The van der Waals surface area contributed by atoms with Gasteiger partial charge in [-0.25, -0.2) is 0 Å². The molecule has 6 heteroatoms. The Morgan fingerprint density at radius 2 is 2.24 bits per heavy atom. The van der Waals surface area contributed by atoms with Crippen LogP contribution < -0.4 is 0 Å². The van der Waals surface area contributed by atoms with Gasteiger partial charge in [0, 0.05) is 44.8 Å². The number of hydrogen-bond donors (Lipinski definition) is 0. The summed E-state index contributed by atoms with van der Waals surface area (Å²) in [6.45, 7) is 4.74. The molecule has 21 heavy (non-hydrogen) atoms. The van der Waals surface area contributed by atoms with Gasteiger partial charge in [0.1, 0.15) is 11.9 Å². The molecule has 2 aromatic rings. The van der Waals surface area contributed by atoms with E-state index in [4.69, 9.17) is 9.15 Å². The van der Waals surface area contributed by atoms with Gasteiger partial charge in [0.15, 0.2) is 5.82 Å². The smallest absolute Gasteiger partial charge is 0.162 e. The Morgan fingerprint density at radius 3 is 3.05 bits per heavy atom. The first-order chi connectivity index (χ1) is 10.4. The monoisotopic (exact) mass is 288 g/mol. The highest BCUT2D eigenvalue weighted by atomic mass is 16.5. The molecule has 1 unspecified atom stereocenters. The summed E-state index contributed by atoms with van der Waals surface area (Å²) < 4.78 is 13.2. The maximum atomic E-state index is 5.77. The normalized spacial score (nSPS) is 23.1. The molecule has 0 N–H and O–H groups in total.